The van der Waals surface area contributed by atoms with E-state index >= 15 is 0 Å². The highest BCUT2D eigenvalue weighted by molar-refractivity contribution is 5.74. The van der Waals surface area contributed by atoms with Gasteiger partial charge in [0.15, 0.2) is 0 Å². The van der Waals surface area contributed by atoms with Gasteiger partial charge in [0.1, 0.15) is 0 Å². The molecule has 0 fully saturated rings. The van der Waals surface area contributed by atoms with Gasteiger partial charge in [0.25, 0.3) is 0 Å². The highest BCUT2D eigenvalue weighted by atomic mass is 15.1. The monoisotopic (exact) mass is 331 g/mol. The van der Waals surface area contributed by atoms with Gasteiger partial charge in [-0.15, -0.1) is 0 Å². The molecule has 0 saturated heterocycles. The summed E-state index contributed by atoms with van der Waals surface area (Å²) in [5.74, 6) is 0. The molecule has 0 radical (unpaired) electrons. The summed E-state index contributed by atoms with van der Waals surface area (Å²) >= 11 is 0. The zero-order valence-corrected chi connectivity index (χ0v) is 15.3. The number of rotatable bonds is 2. The van der Waals surface area contributed by atoms with E-state index in [1.54, 1.807) is 0 Å². The minimum absolute atomic E-state index is 0.211. The second-order valence-corrected chi connectivity index (χ2v) is 8.04. The molecule has 0 atom stereocenters. The number of hydrogen-bond donors (Lipinski definition) is 0. The molecule has 0 aliphatic carbocycles. The van der Waals surface area contributed by atoms with Gasteiger partial charge in [-0.05, 0) is 40.3 Å². The Hall–Kier alpha value is -2.26. The van der Waals surface area contributed by atoms with E-state index in [1.165, 1.54) is 22.4 Å². The quantitative estimate of drug-likeness (QED) is 0.693. The summed E-state index contributed by atoms with van der Waals surface area (Å²) in [6, 6.07) is 15.3. The third kappa shape index (κ3) is 3.42. The van der Waals surface area contributed by atoms with E-state index in [-0.39, 0.29) is 5.41 Å². The van der Waals surface area contributed by atoms with Crippen LogP contribution in [0.1, 0.15) is 43.2 Å². The maximum Gasteiger partial charge on any atom is 0.0890 e. The zero-order chi connectivity index (χ0) is 17.4. The van der Waals surface area contributed by atoms with Crippen molar-refractivity contribution in [2.45, 2.75) is 45.7 Å². The molecule has 1 aliphatic heterocycles. The number of pyridine rings is 2. The molecule has 25 heavy (non-hydrogen) atoms. The minimum Gasteiger partial charge on any atom is -0.294 e. The lowest BCUT2D eigenvalue weighted by molar-refractivity contribution is 0.244. The van der Waals surface area contributed by atoms with E-state index < -0.39 is 0 Å². The topological polar surface area (TPSA) is 29.0 Å². The van der Waals surface area contributed by atoms with Crippen molar-refractivity contribution in [3.63, 3.8) is 0 Å². The van der Waals surface area contributed by atoms with Gasteiger partial charge in [-0.2, -0.15) is 0 Å². The summed E-state index contributed by atoms with van der Waals surface area (Å²) in [4.78, 5) is 11.8. The van der Waals surface area contributed by atoms with Crippen LogP contribution in [0.4, 0.5) is 0 Å². The fourth-order valence-corrected chi connectivity index (χ4v) is 3.52. The van der Waals surface area contributed by atoms with Gasteiger partial charge in [-0.3, -0.25) is 14.9 Å². The molecule has 1 aromatic carbocycles. The molecular weight excluding hydrogens is 306 g/mol. The molecule has 3 heteroatoms. The molecule has 3 nitrogen and oxygen atoms in total. The van der Waals surface area contributed by atoms with Crippen LogP contribution in [0.3, 0.4) is 0 Å². The number of benzene rings is 1. The first-order chi connectivity index (χ1) is 12.0. The van der Waals surface area contributed by atoms with Crippen molar-refractivity contribution in [3.8, 4) is 0 Å². The molecule has 0 spiro atoms. The van der Waals surface area contributed by atoms with E-state index in [4.69, 9.17) is 4.98 Å². The van der Waals surface area contributed by atoms with Crippen molar-refractivity contribution in [2.24, 2.45) is 0 Å². The molecule has 0 amide bonds. The fraction of sp³-hybridized carbons (Fsp3) is 0.364. The number of nitrogens with zero attached hydrogens (tertiary/aromatic N) is 3. The second-order valence-electron chi connectivity index (χ2n) is 8.04. The average Bonchev–Trinajstić information content (AvgIpc) is 2.59. The second kappa shape index (κ2) is 6.23. The summed E-state index contributed by atoms with van der Waals surface area (Å²) < 4.78 is 0. The Morgan fingerprint density at radius 3 is 2.60 bits per heavy atom. The minimum atomic E-state index is 0.211. The predicted molar refractivity (Wildman–Crippen MR) is 102 cm³/mol. The van der Waals surface area contributed by atoms with Crippen LogP contribution >= 0.6 is 0 Å². The van der Waals surface area contributed by atoms with Gasteiger partial charge < -0.3 is 0 Å². The standard InChI is InChI=1S/C22H25N3/c1-22(2,3)18-8-6-16(7-9-18)14-25-12-10-19-17(15-25)13-21-20(24-19)5-4-11-23-21/h4-9,11,13H,10,12,14-15H2,1-3H3. The summed E-state index contributed by atoms with van der Waals surface area (Å²) in [6.07, 6.45) is 2.86. The Morgan fingerprint density at radius 1 is 1.04 bits per heavy atom. The SMILES string of the molecule is CC(C)(C)c1ccc(CN2CCc3nc4cccnc4cc3C2)cc1. The number of hydrogen-bond acceptors (Lipinski definition) is 3. The molecule has 0 bridgehead atoms. The van der Waals surface area contributed by atoms with Crippen LogP contribution in [0.15, 0.2) is 48.7 Å². The first-order valence-corrected chi connectivity index (χ1v) is 9.04. The molecule has 128 valence electrons. The fourth-order valence-electron chi connectivity index (χ4n) is 3.52. The van der Waals surface area contributed by atoms with Gasteiger partial charge in [-0.25, -0.2) is 0 Å². The lowest BCUT2D eigenvalue weighted by Gasteiger charge is -2.28. The Kier molecular flexibility index (Phi) is 4.04. The molecule has 1 aliphatic rings. The Morgan fingerprint density at radius 2 is 1.84 bits per heavy atom. The van der Waals surface area contributed by atoms with Crippen LogP contribution in [-0.4, -0.2) is 21.4 Å². The summed E-state index contributed by atoms with van der Waals surface area (Å²) in [5.41, 5.74) is 7.54. The lowest BCUT2D eigenvalue weighted by atomic mass is 9.86. The highest BCUT2D eigenvalue weighted by Crippen LogP contribution is 2.25. The summed E-state index contributed by atoms with van der Waals surface area (Å²) in [6.45, 7) is 9.78. The van der Waals surface area contributed by atoms with Crippen LogP contribution in [0, 0.1) is 0 Å². The molecule has 0 unspecified atom stereocenters. The normalized spacial score (nSPS) is 15.3. The van der Waals surface area contributed by atoms with Crippen LogP contribution in [-0.2, 0) is 24.9 Å². The molecule has 0 N–H and O–H groups in total. The number of aromatic nitrogens is 2. The molecule has 0 saturated carbocycles. The highest BCUT2D eigenvalue weighted by Gasteiger charge is 2.19. The van der Waals surface area contributed by atoms with Gasteiger partial charge in [0.05, 0.1) is 11.0 Å². The summed E-state index contributed by atoms with van der Waals surface area (Å²) in [7, 11) is 0. The first kappa shape index (κ1) is 16.2. The van der Waals surface area contributed by atoms with Gasteiger partial charge >= 0.3 is 0 Å². The summed E-state index contributed by atoms with van der Waals surface area (Å²) in [5, 5.41) is 0. The first-order valence-electron chi connectivity index (χ1n) is 9.04. The van der Waals surface area contributed by atoms with Crippen molar-refractivity contribution in [1.29, 1.82) is 0 Å². The van der Waals surface area contributed by atoms with Crippen molar-refractivity contribution in [3.05, 3.63) is 71.0 Å². The van der Waals surface area contributed by atoms with Crippen LogP contribution in [0.25, 0.3) is 11.0 Å². The van der Waals surface area contributed by atoms with Crippen molar-refractivity contribution in [2.75, 3.05) is 6.54 Å². The zero-order valence-electron chi connectivity index (χ0n) is 15.3. The van der Waals surface area contributed by atoms with Gasteiger partial charge in [0.2, 0.25) is 0 Å². The van der Waals surface area contributed by atoms with Gasteiger partial charge in [-0.1, -0.05) is 45.0 Å². The Balaban J connectivity index is 1.51. The largest absolute Gasteiger partial charge is 0.294 e. The van der Waals surface area contributed by atoms with Crippen LogP contribution in [0.2, 0.25) is 0 Å². The van der Waals surface area contributed by atoms with Crippen LogP contribution < -0.4 is 0 Å². The Bertz CT molecular complexity index is 891. The van der Waals surface area contributed by atoms with E-state index in [1.807, 2.05) is 18.3 Å². The third-order valence-corrected chi connectivity index (χ3v) is 5.04. The Labute approximate surface area is 149 Å². The molecule has 3 aromatic rings. The van der Waals surface area contributed by atoms with E-state index in [2.05, 4.69) is 61.0 Å². The lowest BCUT2D eigenvalue weighted by Crippen LogP contribution is -2.30. The average molecular weight is 331 g/mol. The van der Waals surface area contributed by atoms with E-state index in [9.17, 15) is 0 Å². The van der Waals surface area contributed by atoms with E-state index in [0.717, 1.165) is 37.1 Å². The van der Waals surface area contributed by atoms with E-state index in [0.29, 0.717) is 0 Å². The van der Waals surface area contributed by atoms with Crippen LogP contribution in [0.5, 0.6) is 0 Å². The smallest absolute Gasteiger partial charge is 0.0890 e. The maximum absolute atomic E-state index is 4.81. The molecule has 3 heterocycles. The number of fused-ring (bicyclic) bond motifs is 2. The van der Waals surface area contributed by atoms with Crippen molar-refractivity contribution < 1.29 is 0 Å². The third-order valence-electron chi connectivity index (χ3n) is 5.04. The van der Waals surface area contributed by atoms with Gasteiger partial charge in [0, 0.05) is 37.9 Å². The van der Waals surface area contributed by atoms with Crippen molar-refractivity contribution >= 4 is 11.0 Å². The maximum atomic E-state index is 4.81. The molecule has 4 rings (SSSR count). The molecular formula is C22H25N3. The van der Waals surface area contributed by atoms with Crippen molar-refractivity contribution in [1.82, 2.24) is 14.9 Å². The predicted octanol–water partition coefficient (Wildman–Crippen LogP) is 4.49. The molecule has 2 aromatic heterocycles.